The molecule has 0 aromatic carbocycles. The molecule has 5 heteroatoms. The molecular weight excluding hydrogens is 186 g/mol. The van der Waals surface area contributed by atoms with Crippen molar-refractivity contribution in [3.05, 3.63) is 5.89 Å². The van der Waals surface area contributed by atoms with Gasteiger partial charge in [-0.1, -0.05) is 32.5 Å². The molecule has 13 heavy (non-hydrogen) atoms. The third kappa shape index (κ3) is 2.70. The van der Waals surface area contributed by atoms with Crippen LogP contribution in [-0.2, 0) is 0 Å². The monoisotopic (exact) mass is 201 g/mol. The number of hydrogen-bond donors (Lipinski definition) is 1. The lowest BCUT2D eigenvalue weighted by Crippen LogP contribution is -2.16. The molecule has 2 N–H and O–H groups in total. The van der Waals surface area contributed by atoms with Crippen molar-refractivity contribution in [1.82, 2.24) is 10.2 Å². The fraction of sp³-hybridized carbons (Fsp3) is 0.750. The Kier molecular flexibility index (Phi) is 3.74. The van der Waals surface area contributed by atoms with Crippen LogP contribution in [0.15, 0.2) is 9.64 Å². The number of rotatable bonds is 4. The molecule has 0 bridgehead atoms. The van der Waals surface area contributed by atoms with E-state index in [1.807, 2.05) is 20.8 Å². The number of aromatic nitrogens is 2. The summed E-state index contributed by atoms with van der Waals surface area (Å²) in [5.41, 5.74) is 5.84. The van der Waals surface area contributed by atoms with Gasteiger partial charge < -0.3 is 10.2 Å². The molecular formula is C8H15N3OS. The minimum absolute atomic E-state index is 0.154. The van der Waals surface area contributed by atoms with E-state index in [4.69, 9.17) is 10.2 Å². The van der Waals surface area contributed by atoms with Gasteiger partial charge in [-0.05, 0) is 11.7 Å². The summed E-state index contributed by atoms with van der Waals surface area (Å²) in [6.45, 7) is 6.10. The molecule has 0 spiro atoms. The molecule has 1 rings (SSSR count). The first-order valence-electron chi connectivity index (χ1n) is 4.37. The first-order valence-corrected chi connectivity index (χ1v) is 5.35. The second kappa shape index (κ2) is 4.62. The van der Waals surface area contributed by atoms with Gasteiger partial charge in [0, 0.05) is 0 Å². The molecule has 0 fully saturated rings. The van der Waals surface area contributed by atoms with E-state index < -0.39 is 0 Å². The van der Waals surface area contributed by atoms with Crippen LogP contribution in [0.25, 0.3) is 0 Å². The van der Waals surface area contributed by atoms with Gasteiger partial charge in [0.1, 0.15) is 0 Å². The Morgan fingerprint density at radius 3 is 2.69 bits per heavy atom. The van der Waals surface area contributed by atoms with E-state index in [0.717, 1.165) is 5.75 Å². The van der Waals surface area contributed by atoms with Crippen molar-refractivity contribution in [1.29, 1.82) is 0 Å². The van der Waals surface area contributed by atoms with Crippen molar-refractivity contribution < 1.29 is 4.42 Å². The third-order valence-corrected chi connectivity index (χ3v) is 2.39. The highest BCUT2D eigenvalue weighted by atomic mass is 32.2. The Morgan fingerprint density at radius 1 is 1.46 bits per heavy atom. The van der Waals surface area contributed by atoms with Crippen molar-refractivity contribution in [2.24, 2.45) is 11.7 Å². The number of nitrogens with two attached hydrogens (primary N) is 1. The van der Waals surface area contributed by atoms with Crippen LogP contribution in [0.1, 0.15) is 32.7 Å². The van der Waals surface area contributed by atoms with E-state index in [9.17, 15) is 0 Å². The Morgan fingerprint density at radius 2 is 2.15 bits per heavy atom. The second-order valence-corrected chi connectivity index (χ2v) is 4.32. The van der Waals surface area contributed by atoms with Crippen molar-refractivity contribution in [3.63, 3.8) is 0 Å². The van der Waals surface area contributed by atoms with Crippen molar-refractivity contribution in [2.75, 3.05) is 5.75 Å². The SMILES string of the molecule is CCSc1nnc([C@@H](N)C(C)C)o1. The van der Waals surface area contributed by atoms with Gasteiger partial charge in [-0.3, -0.25) is 0 Å². The summed E-state index contributed by atoms with van der Waals surface area (Å²) in [5, 5.41) is 8.37. The molecule has 74 valence electrons. The summed E-state index contributed by atoms with van der Waals surface area (Å²) < 4.78 is 5.36. The third-order valence-electron chi connectivity index (χ3n) is 1.69. The quantitative estimate of drug-likeness (QED) is 0.753. The molecule has 1 atom stereocenters. The van der Waals surface area contributed by atoms with Gasteiger partial charge in [-0.2, -0.15) is 0 Å². The maximum atomic E-state index is 5.84. The smallest absolute Gasteiger partial charge is 0.276 e. The van der Waals surface area contributed by atoms with Crippen LogP contribution >= 0.6 is 11.8 Å². The van der Waals surface area contributed by atoms with Crippen LogP contribution < -0.4 is 5.73 Å². The maximum absolute atomic E-state index is 5.84. The van der Waals surface area contributed by atoms with E-state index in [0.29, 0.717) is 17.0 Å². The molecule has 1 heterocycles. The van der Waals surface area contributed by atoms with Crippen molar-refractivity contribution in [3.8, 4) is 0 Å². The zero-order chi connectivity index (χ0) is 9.84. The van der Waals surface area contributed by atoms with E-state index in [-0.39, 0.29) is 6.04 Å². The first-order chi connectivity index (χ1) is 6.15. The van der Waals surface area contributed by atoms with Gasteiger partial charge in [0.05, 0.1) is 6.04 Å². The van der Waals surface area contributed by atoms with Crippen LogP contribution in [0, 0.1) is 5.92 Å². The Hall–Kier alpha value is -0.550. The van der Waals surface area contributed by atoms with Crippen LogP contribution in [-0.4, -0.2) is 16.0 Å². The Labute approximate surface area is 82.3 Å². The lowest BCUT2D eigenvalue weighted by molar-refractivity contribution is 0.349. The normalized spacial score (nSPS) is 13.6. The summed E-state index contributed by atoms with van der Waals surface area (Å²) in [6.07, 6.45) is 0. The number of nitrogens with zero attached hydrogens (tertiary/aromatic N) is 2. The average Bonchev–Trinajstić information content (AvgIpc) is 2.52. The summed E-state index contributed by atoms with van der Waals surface area (Å²) >= 11 is 1.53. The zero-order valence-corrected chi connectivity index (χ0v) is 8.97. The second-order valence-electron chi connectivity index (χ2n) is 3.11. The molecule has 0 saturated carbocycles. The van der Waals surface area contributed by atoms with Gasteiger partial charge in [0.2, 0.25) is 5.89 Å². The van der Waals surface area contributed by atoms with E-state index >= 15 is 0 Å². The highest BCUT2D eigenvalue weighted by molar-refractivity contribution is 7.99. The topological polar surface area (TPSA) is 64.9 Å². The molecule has 0 aliphatic rings. The Bertz CT molecular complexity index is 262. The van der Waals surface area contributed by atoms with Crippen molar-refractivity contribution in [2.45, 2.75) is 32.0 Å². The summed E-state index contributed by atoms with van der Waals surface area (Å²) in [4.78, 5) is 0. The predicted molar refractivity (Wildman–Crippen MR) is 52.5 cm³/mol. The van der Waals surface area contributed by atoms with Crippen LogP contribution in [0.5, 0.6) is 0 Å². The van der Waals surface area contributed by atoms with E-state index in [1.54, 1.807) is 0 Å². The van der Waals surface area contributed by atoms with Gasteiger partial charge in [-0.25, -0.2) is 0 Å². The summed E-state index contributed by atoms with van der Waals surface area (Å²) in [6, 6.07) is -0.154. The van der Waals surface area contributed by atoms with Gasteiger partial charge in [0.15, 0.2) is 0 Å². The first kappa shape index (κ1) is 10.5. The van der Waals surface area contributed by atoms with Gasteiger partial charge in [0.25, 0.3) is 5.22 Å². The minimum atomic E-state index is -0.154. The maximum Gasteiger partial charge on any atom is 0.276 e. The fourth-order valence-electron chi connectivity index (χ4n) is 0.822. The lowest BCUT2D eigenvalue weighted by atomic mass is 10.1. The van der Waals surface area contributed by atoms with Crippen LogP contribution in [0.3, 0.4) is 0 Å². The molecule has 1 aromatic rings. The highest BCUT2D eigenvalue weighted by Crippen LogP contribution is 2.21. The zero-order valence-electron chi connectivity index (χ0n) is 8.15. The molecule has 0 amide bonds. The molecule has 1 aromatic heterocycles. The summed E-state index contributed by atoms with van der Waals surface area (Å²) in [5.74, 6) is 1.78. The van der Waals surface area contributed by atoms with E-state index in [2.05, 4.69) is 10.2 Å². The molecule has 0 unspecified atom stereocenters. The minimum Gasteiger partial charge on any atom is -0.414 e. The largest absolute Gasteiger partial charge is 0.414 e. The van der Waals surface area contributed by atoms with Gasteiger partial charge >= 0.3 is 0 Å². The predicted octanol–water partition coefficient (Wildman–Crippen LogP) is 1.84. The molecule has 0 aliphatic heterocycles. The van der Waals surface area contributed by atoms with Crippen LogP contribution in [0.4, 0.5) is 0 Å². The number of hydrogen-bond acceptors (Lipinski definition) is 5. The number of thioether (sulfide) groups is 1. The molecule has 0 radical (unpaired) electrons. The molecule has 0 saturated heterocycles. The lowest BCUT2D eigenvalue weighted by Gasteiger charge is -2.09. The highest BCUT2D eigenvalue weighted by Gasteiger charge is 2.17. The van der Waals surface area contributed by atoms with Gasteiger partial charge in [-0.15, -0.1) is 10.2 Å². The Balaban J connectivity index is 2.67. The van der Waals surface area contributed by atoms with Crippen molar-refractivity contribution >= 4 is 11.8 Å². The van der Waals surface area contributed by atoms with E-state index in [1.165, 1.54) is 11.8 Å². The van der Waals surface area contributed by atoms with Crippen LogP contribution in [0.2, 0.25) is 0 Å². The standard InChI is InChI=1S/C8H15N3OS/c1-4-13-8-11-10-7(12-8)6(9)5(2)3/h5-6H,4,9H2,1-3H3/t6-/m0/s1. The summed E-state index contributed by atoms with van der Waals surface area (Å²) in [7, 11) is 0. The fourth-order valence-corrected chi connectivity index (χ4v) is 1.31. The average molecular weight is 201 g/mol. The molecule has 4 nitrogen and oxygen atoms in total. The molecule has 0 aliphatic carbocycles.